The molecule has 1 amide bonds. The van der Waals surface area contributed by atoms with Crippen LogP contribution in [-0.2, 0) is 11.3 Å². The van der Waals surface area contributed by atoms with Gasteiger partial charge in [0.1, 0.15) is 5.60 Å². The highest BCUT2D eigenvalue weighted by molar-refractivity contribution is 7.07. The van der Waals surface area contributed by atoms with Crippen LogP contribution >= 0.6 is 11.3 Å². The topological polar surface area (TPSA) is 69.2 Å². The molecule has 1 unspecified atom stereocenters. The first-order chi connectivity index (χ1) is 14.2. The maximum absolute atomic E-state index is 12.2. The van der Waals surface area contributed by atoms with Crippen molar-refractivity contribution in [3.8, 4) is 0 Å². The highest BCUT2D eigenvalue weighted by Gasteiger charge is 2.23. The Hall–Kier alpha value is -1.80. The zero-order chi connectivity index (χ0) is 22.1. The lowest BCUT2D eigenvalue weighted by atomic mass is 10.0. The minimum Gasteiger partial charge on any atom is -0.444 e. The summed E-state index contributed by atoms with van der Waals surface area (Å²) in [6, 6.07) is 2.73. The number of thiophene rings is 1. The molecule has 0 aromatic carbocycles. The second-order valence-electron chi connectivity index (χ2n) is 9.05. The number of nitrogens with one attached hydrogen (secondary N) is 2. The average Bonchev–Trinajstić information content (AvgIpc) is 3.19. The van der Waals surface area contributed by atoms with Crippen LogP contribution in [-0.4, -0.2) is 73.3 Å². The zero-order valence-electron chi connectivity index (χ0n) is 19.4. The highest BCUT2D eigenvalue weighted by Crippen LogP contribution is 2.15. The standard InChI is InChI=1S/C22H39N5O2S/c1-17(26(6)21(28)29-22(2,3)4)7-11-24-20(23-5)25-19-8-12-27(13-9-19)15-18-10-14-30-16-18/h10,14,16-17,19H,7-9,11-13,15H2,1-6H3,(H2,23,24,25). The van der Waals surface area contributed by atoms with Crippen molar-refractivity contribution in [3.63, 3.8) is 0 Å². The maximum Gasteiger partial charge on any atom is 0.410 e. The van der Waals surface area contributed by atoms with E-state index < -0.39 is 5.60 Å². The molecule has 1 aliphatic heterocycles. The maximum atomic E-state index is 12.2. The Morgan fingerprint density at radius 3 is 2.67 bits per heavy atom. The molecular formula is C22H39N5O2S. The number of amides is 1. The second-order valence-corrected chi connectivity index (χ2v) is 9.83. The number of carbonyl (C=O) groups is 1. The van der Waals surface area contributed by atoms with Crippen molar-refractivity contribution in [3.05, 3.63) is 22.4 Å². The van der Waals surface area contributed by atoms with Crippen LogP contribution in [0.4, 0.5) is 4.79 Å². The number of guanidine groups is 1. The smallest absolute Gasteiger partial charge is 0.410 e. The molecule has 8 heteroatoms. The zero-order valence-corrected chi connectivity index (χ0v) is 20.2. The summed E-state index contributed by atoms with van der Waals surface area (Å²) in [4.78, 5) is 20.7. The van der Waals surface area contributed by atoms with Crippen molar-refractivity contribution >= 4 is 23.4 Å². The highest BCUT2D eigenvalue weighted by atomic mass is 32.1. The largest absolute Gasteiger partial charge is 0.444 e. The number of hydrogen-bond acceptors (Lipinski definition) is 5. The summed E-state index contributed by atoms with van der Waals surface area (Å²) in [5, 5.41) is 11.3. The average molecular weight is 438 g/mol. The van der Waals surface area contributed by atoms with Gasteiger partial charge in [0.05, 0.1) is 0 Å². The quantitative estimate of drug-likeness (QED) is 0.505. The van der Waals surface area contributed by atoms with Crippen molar-refractivity contribution in [1.82, 2.24) is 20.4 Å². The number of piperidine rings is 1. The lowest BCUT2D eigenvalue weighted by molar-refractivity contribution is 0.0230. The lowest BCUT2D eigenvalue weighted by Crippen LogP contribution is -2.49. The number of ether oxygens (including phenoxy) is 1. The summed E-state index contributed by atoms with van der Waals surface area (Å²) in [6.45, 7) is 11.7. The molecule has 1 aliphatic rings. The summed E-state index contributed by atoms with van der Waals surface area (Å²) >= 11 is 1.76. The molecule has 1 fully saturated rings. The Balaban J connectivity index is 1.67. The summed E-state index contributed by atoms with van der Waals surface area (Å²) in [5.41, 5.74) is 0.934. The third-order valence-electron chi connectivity index (χ3n) is 5.34. The lowest BCUT2D eigenvalue weighted by Gasteiger charge is -2.33. The molecule has 7 nitrogen and oxygen atoms in total. The van der Waals surface area contributed by atoms with E-state index in [1.54, 1.807) is 30.3 Å². The Morgan fingerprint density at radius 2 is 2.10 bits per heavy atom. The van der Waals surface area contributed by atoms with E-state index >= 15 is 0 Å². The third kappa shape index (κ3) is 8.52. The van der Waals surface area contributed by atoms with Crippen LogP contribution in [0.1, 0.15) is 52.5 Å². The first kappa shape index (κ1) is 24.5. The van der Waals surface area contributed by atoms with Crippen LogP contribution in [0.15, 0.2) is 21.8 Å². The minimum absolute atomic E-state index is 0.0748. The van der Waals surface area contributed by atoms with Gasteiger partial charge in [-0.25, -0.2) is 4.79 Å². The van der Waals surface area contributed by atoms with Crippen molar-refractivity contribution in [2.75, 3.05) is 33.7 Å². The van der Waals surface area contributed by atoms with Gasteiger partial charge in [0.25, 0.3) is 0 Å². The van der Waals surface area contributed by atoms with E-state index in [1.807, 2.05) is 27.7 Å². The van der Waals surface area contributed by atoms with Crippen LogP contribution in [0.2, 0.25) is 0 Å². The van der Waals surface area contributed by atoms with Gasteiger partial charge in [-0.1, -0.05) is 0 Å². The number of nitrogens with zero attached hydrogens (tertiary/aromatic N) is 3. The molecule has 30 heavy (non-hydrogen) atoms. The van der Waals surface area contributed by atoms with Crippen LogP contribution in [0.25, 0.3) is 0 Å². The van der Waals surface area contributed by atoms with E-state index in [1.165, 1.54) is 5.56 Å². The molecule has 0 radical (unpaired) electrons. The second kappa shape index (κ2) is 11.6. The predicted molar refractivity (Wildman–Crippen MR) is 125 cm³/mol. The van der Waals surface area contributed by atoms with Gasteiger partial charge in [-0.2, -0.15) is 11.3 Å². The van der Waals surface area contributed by atoms with Crippen molar-refractivity contribution in [2.45, 2.75) is 71.2 Å². The normalized spacial score (nSPS) is 17.5. The van der Waals surface area contributed by atoms with Crippen molar-refractivity contribution in [2.24, 2.45) is 4.99 Å². The minimum atomic E-state index is -0.478. The Bertz CT molecular complexity index is 664. The number of likely N-dealkylation sites (tertiary alicyclic amines) is 1. The van der Waals surface area contributed by atoms with E-state index in [0.717, 1.165) is 51.4 Å². The number of hydrogen-bond donors (Lipinski definition) is 2. The first-order valence-electron chi connectivity index (χ1n) is 10.8. The predicted octanol–water partition coefficient (Wildman–Crippen LogP) is 3.52. The summed E-state index contributed by atoms with van der Waals surface area (Å²) in [6.07, 6.45) is 2.76. The molecule has 1 atom stereocenters. The van der Waals surface area contributed by atoms with E-state index in [-0.39, 0.29) is 12.1 Å². The molecule has 2 heterocycles. The van der Waals surface area contributed by atoms with Gasteiger partial charge in [0.15, 0.2) is 5.96 Å². The SMILES string of the molecule is CN=C(NCCC(C)N(C)C(=O)OC(C)(C)C)NC1CCN(Cc2ccsc2)CC1. The van der Waals surface area contributed by atoms with Gasteiger partial charge in [0.2, 0.25) is 0 Å². The van der Waals surface area contributed by atoms with Gasteiger partial charge in [-0.05, 0) is 69.3 Å². The summed E-state index contributed by atoms with van der Waals surface area (Å²) < 4.78 is 5.44. The molecular weight excluding hydrogens is 398 g/mol. The summed E-state index contributed by atoms with van der Waals surface area (Å²) in [7, 11) is 3.59. The van der Waals surface area contributed by atoms with Gasteiger partial charge in [-0.15, -0.1) is 0 Å². The van der Waals surface area contributed by atoms with Crippen molar-refractivity contribution < 1.29 is 9.53 Å². The molecule has 1 aromatic heterocycles. The molecule has 1 saturated heterocycles. The van der Waals surface area contributed by atoms with Crippen LogP contribution in [0.5, 0.6) is 0 Å². The molecule has 0 bridgehead atoms. The molecule has 2 N–H and O–H groups in total. The fraction of sp³-hybridized carbons (Fsp3) is 0.727. The monoisotopic (exact) mass is 437 g/mol. The molecule has 2 rings (SSSR count). The molecule has 170 valence electrons. The van der Waals surface area contributed by atoms with Crippen LogP contribution in [0, 0.1) is 0 Å². The van der Waals surface area contributed by atoms with E-state index in [9.17, 15) is 4.79 Å². The first-order valence-corrected chi connectivity index (χ1v) is 11.8. The number of aliphatic imine (C=N–C) groups is 1. The molecule has 0 spiro atoms. The Morgan fingerprint density at radius 1 is 1.40 bits per heavy atom. The Labute approximate surface area is 185 Å². The van der Waals surface area contributed by atoms with Gasteiger partial charge >= 0.3 is 6.09 Å². The molecule has 1 aromatic rings. The Kier molecular flexibility index (Phi) is 9.42. The molecule has 0 aliphatic carbocycles. The van der Waals surface area contributed by atoms with Crippen molar-refractivity contribution in [1.29, 1.82) is 0 Å². The fourth-order valence-electron chi connectivity index (χ4n) is 3.37. The van der Waals surface area contributed by atoms with E-state index in [4.69, 9.17) is 4.74 Å². The number of rotatable bonds is 7. The third-order valence-corrected chi connectivity index (χ3v) is 6.07. The van der Waals surface area contributed by atoms with E-state index in [0.29, 0.717) is 6.04 Å². The summed E-state index contributed by atoms with van der Waals surface area (Å²) in [5.74, 6) is 0.832. The number of carbonyl (C=O) groups excluding carboxylic acids is 1. The van der Waals surface area contributed by atoms with Crippen LogP contribution in [0.3, 0.4) is 0 Å². The fourth-order valence-corrected chi connectivity index (χ4v) is 4.03. The van der Waals surface area contributed by atoms with Crippen LogP contribution < -0.4 is 10.6 Å². The van der Waals surface area contributed by atoms with Gasteiger partial charge in [0, 0.05) is 52.4 Å². The molecule has 0 saturated carbocycles. The van der Waals surface area contributed by atoms with Gasteiger partial charge < -0.3 is 20.3 Å². The van der Waals surface area contributed by atoms with Gasteiger partial charge in [-0.3, -0.25) is 9.89 Å². The van der Waals surface area contributed by atoms with E-state index in [2.05, 4.69) is 37.4 Å².